The number of aliphatic carboxylic acids is 1. The third-order valence-corrected chi connectivity index (χ3v) is 5.60. The second kappa shape index (κ2) is 18.3. The van der Waals surface area contributed by atoms with Gasteiger partial charge in [-0.3, -0.25) is 4.55 Å². The van der Waals surface area contributed by atoms with Gasteiger partial charge in [0.2, 0.25) is 0 Å². The fraction of sp³-hybridized carbons (Fsp3) is 0.950. The molecule has 0 rings (SSSR count). The van der Waals surface area contributed by atoms with E-state index in [1.165, 1.54) is 71.1 Å². The van der Waals surface area contributed by atoms with Crippen LogP contribution < -0.4 is 0 Å². The molecule has 0 heterocycles. The third-order valence-electron chi connectivity index (χ3n) is 5.07. The zero-order chi connectivity index (χ0) is 21.9. The Morgan fingerprint density at radius 2 is 1.25 bits per heavy atom. The molecule has 0 spiro atoms. The Morgan fingerprint density at radius 1 is 0.821 bits per heavy atom. The van der Waals surface area contributed by atoms with Crippen LogP contribution in [0, 0.1) is 0 Å². The first kappa shape index (κ1) is 29.5. The minimum atomic E-state index is -4.17. The first-order chi connectivity index (χ1) is 13.2. The van der Waals surface area contributed by atoms with E-state index in [9.17, 15) is 13.2 Å². The Labute approximate surface area is 173 Å². The molecule has 0 aromatic carbocycles. The monoisotopic (exact) mass is 426 g/mol. The number of carboxylic acids is 1. The summed E-state index contributed by atoms with van der Waals surface area (Å²) in [6.07, 6.45) is 13.4. The highest BCUT2D eigenvalue weighted by Gasteiger charge is 2.25. The molecule has 0 aliphatic carbocycles. The van der Waals surface area contributed by atoms with Gasteiger partial charge in [-0.1, -0.05) is 58.3 Å². The van der Waals surface area contributed by atoms with E-state index in [1.54, 1.807) is 0 Å². The van der Waals surface area contributed by atoms with Crippen molar-refractivity contribution < 1.29 is 31.5 Å². The summed E-state index contributed by atoms with van der Waals surface area (Å²) in [5.41, 5.74) is 0. The van der Waals surface area contributed by atoms with Gasteiger partial charge >= 0.3 is 16.4 Å². The number of carboxylic acid groups (broad SMARTS) is 1. The highest BCUT2D eigenvalue weighted by atomic mass is 32.3. The number of nitrogens with zero attached hydrogens (tertiary/aromatic N) is 1. The molecule has 0 radical (unpaired) electrons. The van der Waals surface area contributed by atoms with Gasteiger partial charge in [0, 0.05) is 0 Å². The third kappa shape index (κ3) is 20.0. The smallest absolute Gasteiger partial charge is 0.397 e. The molecule has 0 saturated heterocycles. The Morgan fingerprint density at radius 3 is 1.54 bits per heavy atom. The maximum atomic E-state index is 11.0. The van der Waals surface area contributed by atoms with Crippen molar-refractivity contribution in [2.24, 2.45) is 0 Å². The van der Waals surface area contributed by atoms with Crippen LogP contribution in [-0.2, 0) is 19.4 Å². The molecule has 0 saturated carbocycles. The molecular formula is C20H44NO6S+. The Hall–Kier alpha value is -0.700. The molecule has 0 bridgehead atoms. The van der Waals surface area contributed by atoms with Crippen LogP contribution in [0.3, 0.4) is 0 Å². The molecule has 8 heteroatoms. The van der Waals surface area contributed by atoms with Gasteiger partial charge in [-0.15, -0.1) is 0 Å². The zero-order valence-corrected chi connectivity index (χ0v) is 19.3. The molecular weight excluding hydrogens is 382 g/mol. The second-order valence-electron chi connectivity index (χ2n) is 7.27. The van der Waals surface area contributed by atoms with Gasteiger partial charge in [0.05, 0.1) is 26.2 Å². The van der Waals surface area contributed by atoms with Gasteiger partial charge in [0.15, 0.2) is 6.54 Å². The average Bonchev–Trinajstić information content (AvgIpc) is 2.61. The van der Waals surface area contributed by atoms with E-state index in [1.807, 2.05) is 0 Å². The fourth-order valence-electron chi connectivity index (χ4n) is 3.21. The SMILES string of the molecule is CCCCCCCCCCCC[N+](CC)(CC)CC(=O)O.CCOS(=O)(=O)O. The molecule has 7 nitrogen and oxygen atoms in total. The van der Waals surface area contributed by atoms with Gasteiger partial charge in [0.1, 0.15) is 0 Å². The van der Waals surface area contributed by atoms with Crippen molar-refractivity contribution in [2.75, 3.05) is 32.8 Å². The van der Waals surface area contributed by atoms with Crippen LogP contribution in [0.4, 0.5) is 0 Å². The van der Waals surface area contributed by atoms with Crippen LogP contribution >= 0.6 is 0 Å². The van der Waals surface area contributed by atoms with Gasteiger partial charge < -0.3 is 9.59 Å². The predicted molar refractivity (Wildman–Crippen MR) is 114 cm³/mol. The van der Waals surface area contributed by atoms with Crippen molar-refractivity contribution in [2.45, 2.75) is 91.9 Å². The fourth-order valence-corrected chi connectivity index (χ4v) is 3.51. The summed E-state index contributed by atoms with van der Waals surface area (Å²) in [6.45, 7) is 11.1. The number of rotatable bonds is 17. The first-order valence-electron chi connectivity index (χ1n) is 10.8. The topological polar surface area (TPSA) is 101 Å². The number of likely N-dealkylation sites (N-methyl/N-ethyl adjacent to an activating group) is 1. The van der Waals surface area contributed by atoms with Gasteiger partial charge in [-0.05, 0) is 33.6 Å². The summed E-state index contributed by atoms with van der Waals surface area (Å²) in [7, 11) is -4.17. The number of quaternary nitrogens is 1. The van der Waals surface area contributed by atoms with E-state index in [-0.39, 0.29) is 13.2 Å². The molecule has 0 aromatic heterocycles. The van der Waals surface area contributed by atoms with Crippen molar-refractivity contribution in [3.8, 4) is 0 Å². The summed E-state index contributed by atoms with van der Waals surface area (Å²) in [6, 6.07) is 0. The van der Waals surface area contributed by atoms with Crippen molar-refractivity contribution >= 4 is 16.4 Å². The zero-order valence-electron chi connectivity index (χ0n) is 18.5. The molecule has 0 unspecified atom stereocenters. The van der Waals surface area contributed by atoms with Crippen LogP contribution in [0.5, 0.6) is 0 Å². The van der Waals surface area contributed by atoms with Crippen molar-refractivity contribution in [1.29, 1.82) is 0 Å². The molecule has 0 fully saturated rings. The van der Waals surface area contributed by atoms with Gasteiger partial charge in [-0.2, -0.15) is 8.42 Å². The summed E-state index contributed by atoms with van der Waals surface area (Å²) in [5.74, 6) is -0.661. The minimum Gasteiger partial charge on any atom is -0.477 e. The highest BCUT2D eigenvalue weighted by molar-refractivity contribution is 7.80. The molecule has 0 atom stereocenters. The van der Waals surface area contributed by atoms with Crippen LogP contribution in [0.15, 0.2) is 0 Å². The lowest BCUT2D eigenvalue weighted by Gasteiger charge is -2.35. The predicted octanol–water partition coefficient (Wildman–Crippen LogP) is 4.67. The largest absolute Gasteiger partial charge is 0.477 e. The van der Waals surface area contributed by atoms with E-state index >= 15 is 0 Å². The maximum Gasteiger partial charge on any atom is 0.397 e. The molecule has 2 N–H and O–H groups in total. The van der Waals surface area contributed by atoms with Crippen molar-refractivity contribution in [3.05, 3.63) is 0 Å². The molecule has 170 valence electrons. The van der Waals surface area contributed by atoms with Gasteiger partial charge in [-0.25, -0.2) is 8.98 Å². The second-order valence-corrected chi connectivity index (χ2v) is 8.36. The number of carbonyl (C=O) groups is 1. The average molecular weight is 427 g/mol. The van der Waals surface area contributed by atoms with E-state index < -0.39 is 16.4 Å². The number of hydrogen-bond acceptors (Lipinski definition) is 4. The Balaban J connectivity index is 0. The lowest BCUT2D eigenvalue weighted by molar-refractivity contribution is -0.918. The van der Waals surface area contributed by atoms with Gasteiger partial charge in [0.25, 0.3) is 0 Å². The van der Waals surface area contributed by atoms with Crippen LogP contribution in [0.1, 0.15) is 91.9 Å². The summed E-state index contributed by atoms with van der Waals surface area (Å²) >= 11 is 0. The summed E-state index contributed by atoms with van der Waals surface area (Å²) < 4.78 is 31.4. The molecule has 0 aromatic rings. The maximum absolute atomic E-state index is 11.0. The van der Waals surface area contributed by atoms with Crippen molar-refractivity contribution in [3.63, 3.8) is 0 Å². The normalized spacial score (nSPS) is 11.8. The standard InChI is InChI=1S/C18H37NO2.C2H6O4S/c1-4-7-8-9-10-11-12-13-14-15-16-19(5-2,6-3)17-18(20)21;1-2-6-7(3,4)5/h4-17H2,1-3H3;2H2,1H3,(H,3,4,5)/p+1. The van der Waals surface area contributed by atoms with Crippen LogP contribution in [0.2, 0.25) is 0 Å². The summed E-state index contributed by atoms with van der Waals surface area (Å²) in [4.78, 5) is 11.0. The Bertz CT molecular complexity index is 463. The molecule has 0 aliphatic heterocycles. The quantitative estimate of drug-likeness (QED) is 0.199. The van der Waals surface area contributed by atoms with E-state index in [2.05, 4.69) is 25.0 Å². The summed E-state index contributed by atoms with van der Waals surface area (Å²) in [5, 5.41) is 9.06. The van der Waals surface area contributed by atoms with Crippen molar-refractivity contribution in [1.82, 2.24) is 0 Å². The Kier molecular flexibility index (Phi) is 19.3. The van der Waals surface area contributed by atoms with E-state index in [0.29, 0.717) is 0 Å². The van der Waals surface area contributed by atoms with E-state index in [4.69, 9.17) is 9.66 Å². The highest BCUT2D eigenvalue weighted by Crippen LogP contribution is 2.13. The minimum absolute atomic E-state index is 0.0289. The first-order valence-corrected chi connectivity index (χ1v) is 12.2. The molecule has 0 aliphatic rings. The van der Waals surface area contributed by atoms with Crippen LogP contribution in [-0.4, -0.2) is 61.3 Å². The lowest BCUT2D eigenvalue weighted by atomic mass is 10.1. The van der Waals surface area contributed by atoms with Crippen LogP contribution in [0.25, 0.3) is 0 Å². The lowest BCUT2D eigenvalue weighted by Crippen LogP contribution is -2.51. The number of unbranched alkanes of at least 4 members (excludes halogenated alkanes) is 9. The molecule has 0 amide bonds. The van der Waals surface area contributed by atoms with E-state index in [0.717, 1.165) is 24.1 Å². The molecule has 28 heavy (non-hydrogen) atoms. The number of hydrogen-bond donors (Lipinski definition) is 2.